The molecule has 0 N–H and O–H groups in total. The zero-order valence-electron chi connectivity index (χ0n) is 11.6. The molecule has 1 saturated heterocycles. The highest BCUT2D eigenvalue weighted by Crippen LogP contribution is 2.14. The molecule has 1 fully saturated rings. The molecule has 0 spiro atoms. The Morgan fingerprint density at radius 1 is 1.32 bits per heavy atom. The molecule has 0 amide bonds. The highest BCUT2D eigenvalue weighted by atomic mass is 16.6. The Kier molecular flexibility index (Phi) is 4.49. The van der Waals surface area contributed by atoms with Crippen LogP contribution < -0.4 is 0 Å². The molecule has 1 aliphatic heterocycles. The van der Waals surface area contributed by atoms with Crippen molar-refractivity contribution in [2.75, 3.05) is 39.8 Å². The molecule has 0 unspecified atom stereocenters. The maximum Gasteiger partial charge on any atom is 0.342 e. The van der Waals surface area contributed by atoms with Crippen LogP contribution in [0.15, 0.2) is 6.20 Å². The topological polar surface area (TPSA) is 67.4 Å². The van der Waals surface area contributed by atoms with Crippen LogP contribution in [0.2, 0.25) is 0 Å². The van der Waals surface area contributed by atoms with Crippen molar-refractivity contribution in [3.63, 3.8) is 0 Å². The summed E-state index contributed by atoms with van der Waals surface area (Å²) >= 11 is 0. The minimum Gasteiger partial charge on any atom is -0.358 e. The van der Waals surface area contributed by atoms with Crippen LogP contribution in [0.5, 0.6) is 0 Å². The summed E-state index contributed by atoms with van der Waals surface area (Å²) in [4.78, 5) is 19.2. The fourth-order valence-corrected chi connectivity index (χ4v) is 2.40. The minimum atomic E-state index is -0.365. The van der Waals surface area contributed by atoms with Gasteiger partial charge in [-0.15, -0.1) is 0 Å². The molecule has 7 nitrogen and oxygen atoms in total. The molecule has 1 aliphatic rings. The molecule has 0 aromatic carbocycles. The standard InChI is InChI=1S/C12H21N5O2/c1-11-13-10-12(17(18)19)16(11)5-3-4-15-8-6-14(2)7-9-15/h10H,3-9H2,1-2H3. The molecule has 1 aromatic heterocycles. The van der Waals surface area contributed by atoms with Crippen LogP contribution in [0.25, 0.3) is 0 Å². The van der Waals surface area contributed by atoms with Gasteiger partial charge in [-0.25, -0.2) is 9.55 Å². The second kappa shape index (κ2) is 6.12. The molecule has 0 atom stereocenters. The highest BCUT2D eigenvalue weighted by Gasteiger charge is 2.18. The van der Waals surface area contributed by atoms with Crippen molar-refractivity contribution in [3.05, 3.63) is 22.1 Å². The number of likely N-dealkylation sites (N-methyl/N-ethyl adjacent to an activating group) is 1. The Labute approximate surface area is 113 Å². The largest absolute Gasteiger partial charge is 0.358 e. The predicted molar refractivity (Wildman–Crippen MR) is 72.2 cm³/mol. The lowest BCUT2D eigenvalue weighted by molar-refractivity contribution is -0.392. The van der Waals surface area contributed by atoms with Crippen LogP contribution in [0.4, 0.5) is 5.82 Å². The van der Waals surface area contributed by atoms with Crippen LogP contribution in [0, 0.1) is 17.0 Å². The fraction of sp³-hybridized carbons (Fsp3) is 0.750. The van der Waals surface area contributed by atoms with Gasteiger partial charge in [-0.2, -0.15) is 0 Å². The smallest absolute Gasteiger partial charge is 0.342 e. The maximum absolute atomic E-state index is 10.9. The third-order valence-electron chi connectivity index (χ3n) is 3.67. The lowest BCUT2D eigenvalue weighted by Crippen LogP contribution is -2.44. The molecule has 0 radical (unpaired) electrons. The molecular formula is C12H21N5O2. The fourth-order valence-electron chi connectivity index (χ4n) is 2.40. The van der Waals surface area contributed by atoms with E-state index in [9.17, 15) is 10.1 Å². The van der Waals surface area contributed by atoms with E-state index in [2.05, 4.69) is 21.8 Å². The van der Waals surface area contributed by atoms with E-state index in [1.165, 1.54) is 6.20 Å². The molecule has 1 aromatic rings. The molecule has 0 aliphatic carbocycles. The molecule has 2 rings (SSSR count). The van der Waals surface area contributed by atoms with Crippen LogP contribution in [0.1, 0.15) is 12.2 Å². The summed E-state index contributed by atoms with van der Waals surface area (Å²) in [5.74, 6) is 0.806. The van der Waals surface area contributed by atoms with Crippen molar-refractivity contribution >= 4 is 5.82 Å². The second-order valence-electron chi connectivity index (χ2n) is 5.07. The van der Waals surface area contributed by atoms with Gasteiger partial charge >= 0.3 is 5.82 Å². The van der Waals surface area contributed by atoms with E-state index in [0.29, 0.717) is 12.4 Å². The van der Waals surface area contributed by atoms with Gasteiger partial charge in [0.2, 0.25) is 0 Å². The molecule has 19 heavy (non-hydrogen) atoms. The summed E-state index contributed by atoms with van der Waals surface area (Å²) in [5.41, 5.74) is 0. The van der Waals surface area contributed by atoms with Gasteiger partial charge in [0.1, 0.15) is 6.20 Å². The molecular weight excluding hydrogens is 246 g/mol. The summed E-state index contributed by atoms with van der Waals surface area (Å²) in [6, 6.07) is 0. The summed E-state index contributed by atoms with van der Waals surface area (Å²) < 4.78 is 1.69. The average Bonchev–Trinajstić information content (AvgIpc) is 2.74. The van der Waals surface area contributed by atoms with Gasteiger partial charge in [0.15, 0.2) is 5.82 Å². The predicted octanol–water partition coefficient (Wildman–Crippen LogP) is 0.737. The first-order chi connectivity index (χ1) is 9.08. The third kappa shape index (κ3) is 3.51. The van der Waals surface area contributed by atoms with Crippen molar-refractivity contribution in [3.8, 4) is 0 Å². The normalized spacial score (nSPS) is 17.8. The lowest BCUT2D eigenvalue weighted by Gasteiger charge is -2.32. The number of piperazine rings is 1. The third-order valence-corrected chi connectivity index (χ3v) is 3.67. The number of aromatic nitrogens is 2. The Morgan fingerprint density at radius 3 is 2.63 bits per heavy atom. The van der Waals surface area contributed by atoms with Gasteiger partial charge < -0.3 is 19.9 Å². The lowest BCUT2D eigenvalue weighted by atomic mass is 10.3. The molecule has 7 heteroatoms. The van der Waals surface area contributed by atoms with Crippen LogP contribution in [-0.2, 0) is 6.54 Å². The molecule has 0 saturated carbocycles. The molecule has 2 heterocycles. The van der Waals surface area contributed by atoms with Gasteiger partial charge in [0.25, 0.3) is 0 Å². The van der Waals surface area contributed by atoms with Gasteiger partial charge in [0, 0.05) is 39.6 Å². The van der Waals surface area contributed by atoms with Gasteiger partial charge in [0.05, 0.1) is 6.54 Å². The van der Waals surface area contributed by atoms with Crippen molar-refractivity contribution in [2.45, 2.75) is 19.9 Å². The van der Waals surface area contributed by atoms with Gasteiger partial charge in [-0.05, 0) is 18.4 Å². The highest BCUT2D eigenvalue weighted by molar-refractivity contribution is 5.18. The Hall–Kier alpha value is -1.47. The van der Waals surface area contributed by atoms with E-state index in [1.54, 1.807) is 4.57 Å². The Morgan fingerprint density at radius 2 is 2.00 bits per heavy atom. The van der Waals surface area contributed by atoms with Crippen molar-refractivity contribution < 1.29 is 4.92 Å². The molecule has 0 bridgehead atoms. The number of nitro groups is 1. The second-order valence-corrected chi connectivity index (χ2v) is 5.07. The quantitative estimate of drug-likeness (QED) is 0.581. The first-order valence-corrected chi connectivity index (χ1v) is 6.65. The Balaban J connectivity index is 1.82. The number of rotatable bonds is 5. The van der Waals surface area contributed by atoms with Crippen LogP contribution in [0.3, 0.4) is 0 Å². The maximum atomic E-state index is 10.9. The summed E-state index contributed by atoms with van der Waals surface area (Å²) in [6.45, 7) is 7.83. The Bertz CT molecular complexity index is 437. The number of nitrogens with zero attached hydrogens (tertiary/aromatic N) is 5. The van der Waals surface area contributed by atoms with E-state index >= 15 is 0 Å². The van der Waals surface area contributed by atoms with Crippen molar-refractivity contribution in [2.24, 2.45) is 0 Å². The van der Waals surface area contributed by atoms with Crippen molar-refractivity contribution in [1.82, 2.24) is 19.4 Å². The van der Waals surface area contributed by atoms with E-state index < -0.39 is 0 Å². The van der Waals surface area contributed by atoms with E-state index in [0.717, 1.165) is 39.1 Å². The van der Waals surface area contributed by atoms with Gasteiger partial charge in [-0.1, -0.05) is 0 Å². The SMILES string of the molecule is Cc1ncc([N+](=O)[O-])n1CCCN1CCN(C)CC1. The van der Waals surface area contributed by atoms with E-state index in [4.69, 9.17) is 0 Å². The number of imidazole rings is 1. The van der Waals surface area contributed by atoms with E-state index in [1.807, 2.05) is 6.92 Å². The first kappa shape index (κ1) is 14.0. The van der Waals surface area contributed by atoms with Crippen LogP contribution >= 0.6 is 0 Å². The minimum absolute atomic E-state index is 0.0934. The number of hydrogen-bond donors (Lipinski definition) is 0. The zero-order valence-corrected chi connectivity index (χ0v) is 11.6. The monoisotopic (exact) mass is 267 g/mol. The van der Waals surface area contributed by atoms with E-state index in [-0.39, 0.29) is 10.7 Å². The molecule has 106 valence electrons. The number of hydrogen-bond acceptors (Lipinski definition) is 5. The number of aryl methyl sites for hydroxylation is 1. The van der Waals surface area contributed by atoms with Crippen molar-refractivity contribution in [1.29, 1.82) is 0 Å². The summed E-state index contributed by atoms with van der Waals surface area (Å²) in [5, 5.41) is 10.9. The summed E-state index contributed by atoms with van der Waals surface area (Å²) in [6.07, 6.45) is 2.26. The van der Waals surface area contributed by atoms with Gasteiger partial charge in [-0.3, -0.25) is 0 Å². The first-order valence-electron chi connectivity index (χ1n) is 6.65. The summed E-state index contributed by atoms with van der Waals surface area (Å²) in [7, 11) is 2.13. The zero-order chi connectivity index (χ0) is 13.8. The van der Waals surface area contributed by atoms with Crippen LogP contribution in [-0.4, -0.2) is 64.0 Å². The average molecular weight is 267 g/mol.